The van der Waals surface area contributed by atoms with Gasteiger partial charge >= 0.3 is 26.3 Å². The Kier molecular flexibility index (Phi) is 4.29. The van der Waals surface area contributed by atoms with Gasteiger partial charge in [-0.05, 0) is 9.91 Å². The van der Waals surface area contributed by atoms with E-state index in [1.54, 1.807) is 0 Å². The van der Waals surface area contributed by atoms with Gasteiger partial charge in [-0.2, -0.15) is 0 Å². The van der Waals surface area contributed by atoms with Crippen LogP contribution in [0, 0.1) is 10.1 Å². The summed E-state index contributed by atoms with van der Waals surface area (Å²) in [6, 6.07) is 0.262. The van der Waals surface area contributed by atoms with Gasteiger partial charge < -0.3 is 19.6 Å². The molecule has 0 fully saturated rings. The molecule has 1 heterocycles. The summed E-state index contributed by atoms with van der Waals surface area (Å²) in [6.07, 6.45) is -5.23. The number of aromatic nitrogens is 1. The fourth-order valence-corrected chi connectivity index (χ4v) is 2.04. The Balaban J connectivity index is 3.64. The van der Waals surface area contributed by atoms with E-state index in [1.807, 2.05) is 0 Å². The number of methoxy groups -OCH3 is 1. The minimum Gasteiger partial charge on any atom is -0.489 e. The number of pyridine rings is 1. The van der Waals surface area contributed by atoms with Crippen LogP contribution in [0.25, 0.3) is 0 Å². The number of halogens is 4. The number of nitrogens with zero attached hydrogens (tertiary/aromatic N) is 2. The first-order chi connectivity index (χ1) is 8.95. The van der Waals surface area contributed by atoms with Gasteiger partial charge in [0.15, 0.2) is 5.75 Å². The summed E-state index contributed by atoms with van der Waals surface area (Å²) in [7, 11) is 1.05. The highest BCUT2D eigenvalue weighted by Crippen LogP contribution is 2.39. The van der Waals surface area contributed by atoms with Crippen LogP contribution in [-0.4, -0.2) is 31.8 Å². The minimum absolute atomic E-state index is 0.262. The molecule has 1 aromatic rings. The Labute approximate surface area is 113 Å². The van der Waals surface area contributed by atoms with Gasteiger partial charge in [0.1, 0.15) is 0 Å². The van der Waals surface area contributed by atoms with Crippen molar-refractivity contribution in [3.05, 3.63) is 16.2 Å². The molecule has 13 heteroatoms. The largest absolute Gasteiger partial charge is 0.573 e. The van der Waals surface area contributed by atoms with Crippen molar-refractivity contribution in [2.45, 2.75) is 11.4 Å². The van der Waals surface area contributed by atoms with Crippen LogP contribution in [0.5, 0.6) is 11.5 Å². The standard InChI is InChI=1S/C7H4ClF3N2O6S/c1-18-5-3(19-7(9,10)11)2-4(13(14)15)12-6(5)20(8,16)17/h2H,1H3. The Morgan fingerprint density at radius 2 is 2.00 bits per heavy atom. The van der Waals surface area contributed by atoms with Gasteiger partial charge in [-0.3, -0.25) is 0 Å². The zero-order valence-electron chi connectivity index (χ0n) is 9.34. The van der Waals surface area contributed by atoms with E-state index in [0.717, 1.165) is 7.11 Å². The summed E-state index contributed by atoms with van der Waals surface area (Å²) in [6.45, 7) is 0. The van der Waals surface area contributed by atoms with Crippen LogP contribution in [0.15, 0.2) is 11.1 Å². The third kappa shape index (κ3) is 3.84. The summed E-state index contributed by atoms with van der Waals surface area (Å²) < 4.78 is 66.7. The molecule has 112 valence electrons. The maximum atomic E-state index is 12.2. The molecular weight excluding hydrogens is 333 g/mol. The molecule has 0 aliphatic carbocycles. The molecule has 1 rings (SSSR count). The third-order valence-electron chi connectivity index (χ3n) is 1.74. The molecule has 0 N–H and O–H groups in total. The van der Waals surface area contributed by atoms with Crippen molar-refractivity contribution in [2.75, 3.05) is 7.11 Å². The zero-order chi connectivity index (χ0) is 15.7. The van der Waals surface area contributed by atoms with Crippen LogP contribution in [0.4, 0.5) is 19.0 Å². The lowest BCUT2D eigenvalue weighted by atomic mass is 10.4. The highest BCUT2D eigenvalue weighted by atomic mass is 35.7. The number of rotatable bonds is 4. The summed E-state index contributed by atoms with van der Waals surface area (Å²) in [5.41, 5.74) is 0. The first-order valence-corrected chi connectivity index (χ1v) is 6.70. The van der Waals surface area contributed by atoms with Gasteiger partial charge in [-0.25, -0.2) is 8.42 Å². The average molecular weight is 337 g/mol. The smallest absolute Gasteiger partial charge is 0.489 e. The molecule has 0 aliphatic rings. The van der Waals surface area contributed by atoms with E-state index in [1.165, 1.54) is 0 Å². The lowest BCUT2D eigenvalue weighted by Crippen LogP contribution is -2.18. The van der Waals surface area contributed by atoms with Crippen LogP contribution in [-0.2, 0) is 9.05 Å². The second-order valence-corrected chi connectivity index (χ2v) is 5.54. The van der Waals surface area contributed by atoms with E-state index < -0.39 is 42.7 Å². The number of hydrogen-bond donors (Lipinski definition) is 0. The lowest BCUT2D eigenvalue weighted by Gasteiger charge is -2.12. The molecule has 0 unspecified atom stereocenters. The third-order valence-corrected chi connectivity index (χ3v) is 2.92. The van der Waals surface area contributed by atoms with Crippen LogP contribution in [0.3, 0.4) is 0 Å². The normalized spacial score (nSPS) is 12.1. The van der Waals surface area contributed by atoms with Gasteiger partial charge in [0.2, 0.25) is 5.75 Å². The monoisotopic (exact) mass is 336 g/mol. The molecular formula is C7H4ClF3N2O6S. The predicted molar refractivity (Wildman–Crippen MR) is 57.2 cm³/mol. The van der Waals surface area contributed by atoms with Crippen molar-refractivity contribution in [1.29, 1.82) is 0 Å². The molecule has 0 saturated heterocycles. The van der Waals surface area contributed by atoms with Gasteiger partial charge in [-0.15, -0.1) is 13.2 Å². The molecule has 0 aliphatic heterocycles. The molecule has 1 aromatic heterocycles. The lowest BCUT2D eigenvalue weighted by molar-refractivity contribution is -0.390. The molecule has 0 saturated carbocycles. The summed E-state index contributed by atoms with van der Waals surface area (Å²) in [5.74, 6) is -3.45. The van der Waals surface area contributed by atoms with Gasteiger partial charge in [0.05, 0.1) is 13.2 Å². The zero-order valence-corrected chi connectivity index (χ0v) is 10.9. The van der Waals surface area contributed by atoms with E-state index in [4.69, 9.17) is 10.7 Å². The first-order valence-electron chi connectivity index (χ1n) is 4.39. The van der Waals surface area contributed by atoms with Crippen LogP contribution < -0.4 is 9.47 Å². The Bertz CT molecular complexity index is 647. The topological polar surface area (TPSA) is 109 Å². The fraction of sp³-hybridized carbons (Fsp3) is 0.286. The molecule has 0 aromatic carbocycles. The molecule has 0 amide bonds. The number of alkyl halides is 3. The van der Waals surface area contributed by atoms with Gasteiger partial charge in [-0.1, -0.05) is 0 Å². The summed E-state index contributed by atoms with van der Waals surface area (Å²) >= 11 is 0. The average Bonchev–Trinajstić information content (AvgIpc) is 2.24. The van der Waals surface area contributed by atoms with Crippen LogP contribution >= 0.6 is 10.7 Å². The van der Waals surface area contributed by atoms with Gasteiger partial charge in [0.25, 0.3) is 0 Å². The molecule has 0 radical (unpaired) electrons. The highest BCUT2D eigenvalue weighted by Gasteiger charge is 2.38. The molecule has 8 nitrogen and oxygen atoms in total. The Morgan fingerprint density at radius 3 is 2.35 bits per heavy atom. The number of ether oxygens (including phenoxy) is 2. The SMILES string of the molecule is COc1c(OC(F)(F)F)cc([N+](=O)[O-])nc1S(=O)(=O)Cl. The summed E-state index contributed by atoms with van der Waals surface area (Å²) in [4.78, 5) is 12.3. The Hall–Kier alpha value is -1.82. The molecule has 20 heavy (non-hydrogen) atoms. The van der Waals surface area contributed by atoms with E-state index in [9.17, 15) is 31.7 Å². The second-order valence-electron chi connectivity index (χ2n) is 3.06. The molecule has 0 spiro atoms. The van der Waals surface area contributed by atoms with Crippen molar-refractivity contribution in [3.63, 3.8) is 0 Å². The van der Waals surface area contributed by atoms with Crippen LogP contribution in [0.1, 0.15) is 0 Å². The van der Waals surface area contributed by atoms with Crippen LogP contribution in [0.2, 0.25) is 0 Å². The van der Waals surface area contributed by atoms with Crippen molar-refractivity contribution >= 4 is 25.6 Å². The van der Waals surface area contributed by atoms with Crippen molar-refractivity contribution < 1.29 is 36.0 Å². The maximum absolute atomic E-state index is 12.2. The van der Waals surface area contributed by atoms with E-state index in [0.29, 0.717) is 0 Å². The fourth-order valence-electron chi connectivity index (χ4n) is 1.12. The van der Waals surface area contributed by atoms with E-state index in [2.05, 4.69) is 14.5 Å². The van der Waals surface area contributed by atoms with Crippen molar-refractivity contribution in [2.24, 2.45) is 0 Å². The molecule has 0 atom stereocenters. The van der Waals surface area contributed by atoms with E-state index in [-0.39, 0.29) is 6.07 Å². The quantitative estimate of drug-likeness (QED) is 0.468. The minimum atomic E-state index is -5.23. The highest BCUT2D eigenvalue weighted by molar-refractivity contribution is 8.13. The maximum Gasteiger partial charge on any atom is 0.573 e. The number of nitro groups is 1. The van der Waals surface area contributed by atoms with Gasteiger partial charge in [0, 0.05) is 10.7 Å². The summed E-state index contributed by atoms with van der Waals surface area (Å²) in [5, 5.41) is 9.27. The van der Waals surface area contributed by atoms with E-state index >= 15 is 0 Å². The Morgan fingerprint density at radius 1 is 1.45 bits per heavy atom. The van der Waals surface area contributed by atoms with Crippen molar-refractivity contribution in [1.82, 2.24) is 4.98 Å². The van der Waals surface area contributed by atoms with Crippen molar-refractivity contribution in [3.8, 4) is 11.5 Å². The molecule has 0 bridgehead atoms. The number of hydrogen-bond acceptors (Lipinski definition) is 7. The predicted octanol–water partition coefficient (Wildman–Crippen LogP) is 1.82. The second kappa shape index (κ2) is 5.28. The first kappa shape index (κ1) is 16.2.